The Labute approximate surface area is 176 Å². The molecule has 1 saturated carbocycles. The first-order valence-corrected chi connectivity index (χ1v) is 11.5. The van der Waals surface area contributed by atoms with Crippen molar-refractivity contribution in [3.05, 3.63) is 64.2 Å². The number of nitrogens with zero attached hydrogens (tertiary/aromatic N) is 1. The van der Waals surface area contributed by atoms with Gasteiger partial charge >= 0.3 is 0 Å². The van der Waals surface area contributed by atoms with E-state index in [9.17, 15) is 0 Å². The SMILES string of the molecule is CCc1cc(C2=Nc3cc(CCC(C)(C)N)ccc3C2)ccc1CC1CCCC1. The van der Waals surface area contributed by atoms with Crippen molar-refractivity contribution in [3.8, 4) is 0 Å². The van der Waals surface area contributed by atoms with E-state index >= 15 is 0 Å². The first-order chi connectivity index (χ1) is 13.9. The fourth-order valence-corrected chi connectivity index (χ4v) is 4.88. The van der Waals surface area contributed by atoms with Crippen LogP contribution in [0.3, 0.4) is 0 Å². The van der Waals surface area contributed by atoms with Crippen molar-refractivity contribution in [3.63, 3.8) is 0 Å². The smallest absolute Gasteiger partial charge is 0.0672 e. The summed E-state index contributed by atoms with van der Waals surface area (Å²) < 4.78 is 0. The summed E-state index contributed by atoms with van der Waals surface area (Å²) in [6, 6.07) is 13.9. The lowest BCUT2D eigenvalue weighted by molar-refractivity contribution is 0.477. The molecule has 1 aliphatic carbocycles. The van der Waals surface area contributed by atoms with Crippen LogP contribution in [0.25, 0.3) is 0 Å². The third-order valence-electron chi connectivity index (χ3n) is 6.72. The average Bonchev–Trinajstić information content (AvgIpc) is 3.35. The number of rotatable bonds is 7. The van der Waals surface area contributed by atoms with Crippen LogP contribution in [0.15, 0.2) is 41.4 Å². The highest BCUT2D eigenvalue weighted by molar-refractivity contribution is 6.06. The van der Waals surface area contributed by atoms with Crippen LogP contribution in [0.1, 0.15) is 80.7 Å². The lowest BCUT2D eigenvalue weighted by Crippen LogP contribution is -2.32. The number of hydrogen-bond donors (Lipinski definition) is 1. The zero-order valence-electron chi connectivity index (χ0n) is 18.4. The van der Waals surface area contributed by atoms with E-state index in [-0.39, 0.29) is 5.54 Å². The van der Waals surface area contributed by atoms with Gasteiger partial charge in [0.1, 0.15) is 0 Å². The molecule has 0 atom stereocenters. The molecule has 2 heteroatoms. The number of hydrogen-bond acceptors (Lipinski definition) is 2. The Bertz CT molecular complexity index is 895. The molecule has 29 heavy (non-hydrogen) atoms. The highest BCUT2D eigenvalue weighted by atomic mass is 14.8. The maximum atomic E-state index is 6.16. The molecule has 2 aliphatic rings. The Hall–Kier alpha value is -1.93. The second-order valence-electron chi connectivity index (χ2n) is 9.88. The van der Waals surface area contributed by atoms with Crippen molar-refractivity contribution < 1.29 is 0 Å². The molecule has 0 spiro atoms. The zero-order valence-corrected chi connectivity index (χ0v) is 18.4. The van der Waals surface area contributed by atoms with Crippen LogP contribution < -0.4 is 5.73 Å². The Morgan fingerprint density at radius 1 is 1.03 bits per heavy atom. The van der Waals surface area contributed by atoms with Gasteiger partial charge in [-0.2, -0.15) is 0 Å². The van der Waals surface area contributed by atoms with E-state index in [2.05, 4.69) is 57.2 Å². The molecule has 2 N–H and O–H groups in total. The van der Waals surface area contributed by atoms with Crippen LogP contribution in [0.4, 0.5) is 5.69 Å². The zero-order chi connectivity index (χ0) is 20.4. The Balaban J connectivity index is 1.51. The summed E-state index contributed by atoms with van der Waals surface area (Å²) >= 11 is 0. The van der Waals surface area contributed by atoms with E-state index in [0.717, 1.165) is 37.3 Å². The molecule has 1 fully saturated rings. The lowest BCUT2D eigenvalue weighted by atomic mass is 9.91. The van der Waals surface area contributed by atoms with Crippen LogP contribution in [-0.4, -0.2) is 11.3 Å². The van der Waals surface area contributed by atoms with Crippen LogP contribution in [0.2, 0.25) is 0 Å². The average molecular weight is 389 g/mol. The molecule has 0 amide bonds. The minimum absolute atomic E-state index is 0.121. The van der Waals surface area contributed by atoms with Crippen molar-refractivity contribution in [1.82, 2.24) is 0 Å². The molecular weight excluding hydrogens is 352 g/mol. The molecule has 4 rings (SSSR count). The minimum atomic E-state index is -0.121. The van der Waals surface area contributed by atoms with Crippen molar-refractivity contribution in [2.75, 3.05) is 0 Å². The van der Waals surface area contributed by atoms with E-state index in [0.29, 0.717) is 0 Å². The second kappa shape index (κ2) is 8.44. The third-order valence-corrected chi connectivity index (χ3v) is 6.72. The van der Waals surface area contributed by atoms with Gasteiger partial charge in [-0.3, -0.25) is 4.99 Å². The predicted molar refractivity (Wildman–Crippen MR) is 124 cm³/mol. The van der Waals surface area contributed by atoms with Gasteiger partial charge in [-0.15, -0.1) is 0 Å². The third kappa shape index (κ3) is 4.98. The number of aryl methyl sites for hydroxylation is 2. The van der Waals surface area contributed by atoms with Crippen molar-refractivity contribution in [1.29, 1.82) is 0 Å². The normalized spacial score (nSPS) is 16.9. The Kier molecular flexibility index (Phi) is 5.92. The minimum Gasteiger partial charge on any atom is -0.326 e. The lowest BCUT2D eigenvalue weighted by Gasteiger charge is -2.18. The van der Waals surface area contributed by atoms with E-state index in [4.69, 9.17) is 10.7 Å². The predicted octanol–water partition coefficient (Wildman–Crippen LogP) is 6.33. The summed E-state index contributed by atoms with van der Waals surface area (Å²) in [6.07, 6.45) is 11.0. The van der Waals surface area contributed by atoms with Gasteiger partial charge in [0.2, 0.25) is 0 Å². The molecular formula is C27H36N2. The standard InChI is InChI=1S/C27H36N2/c1-4-21-17-23(12-11-22(21)15-19-7-5-6-8-19)26-18-24-10-9-20(16-25(24)29-26)13-14-27(2,3)28/h9-12,16-17,19H,4-8,13-15,18,28H2,1-3H3. The molecule has 0 aromatic heterocycles. The number of nitrogens with two attached hydrogens (primary N) is 1. The molecule has 1 aliphatic heterocycles. The summed E-state index contributed by atoms with van der Waals surface area (Å²) in [4.78, 5) is 5.02. The van der Waals surface area contributed by atoms with E-state index < -0.39 is 0 Å². The fraction of sp³-hybridized carbons (Fsp3) is 0.519. The summed E-state index contributed by atoms with van der Waals surface area (Å²) in [6.45, 7) is 6.48. The van der Waals surface area contributed by atoms with Gasteiger partial charge in [-0.25, -0.2) is 0 Å². The van der Waals surface area contributed by atoms with Gasteiger partial charge in [0, 0.05) is 12.0 Å². The van der Waals surface area contributed by atoms with Crippen molar-refractivity contribution in [2.45, 2.75) is 84.1 Å². The highest BCUT2D eigenvalue weighted by Crippen LogP contribution is 2.33. The summed E-state index contributed by atoms with van der Waals surface area (Å²) in [5, 5.41) is 0. The van der Waals surface area contributed by atoms with E-state index in [1.807, 2.05) is 0 Å². The molecule has 0 saturated heterocycles. The van der Waals surface area contributed by atoms with Gasteiger partial charge in [-0.05, 0) is 85.4 Å². The molecule has 154 valence electrons. The fourth-order valence-electron chi connectivity index (χ4n) is 4.88. The first-order valence-electron chi connectivity index (χ1n) is 11.5. The van der Waals surface area contributed by atoms with Crippen LogP contribution in [-0.2, 0) is 25.7 Å². The number of aliphatic imine (C=N–C) groups is 1. The maximum absolute atomic E-state index is 6.16. The number of benzene rings is 2. The molecule has 0 radical (unpaired) electrons. The van der Waals surface area contributed by atoms with Crippen molar-refractivity contribution >= 4 is 11.4 Å². The second-order valence-corrected chi connectivity index (χ2v) is 9.88. The molecule has 1 heterocycles. The van der Waals surface area contributed by atoms with Crippen LogP contribution in [0, 0.1) is 5.92 Å². The van der Waals surface area contributed by atoms with Gasteiger partial charge < -0.3 is 5.73 Å². The van der Waals surface area contributed by atoms with Crippen LogP contribution >= 0.6 is 0 Å². The summed E-state index contributed by atoms with van der Waals surface area (Å²) in [7, 11) is 0. The molecule has 2 aromatic carbocycles. The van der Waals surface area contributed by atoms with Gasteiger partial charge in [0.05, 0.1) is 11.4 Å². The monoisotopic (exact) mass is 388 g/mol. The van der Waals surface area contributed by atoms with Gasteiger partial charge in [0.15, 0.2) is 0 Å². The van der Waals surface area contributed by atoms with Gasteiger partial charge in [0.25, 0.3) is 0 Å². The molecule has 2 nitrogen and oxygen atoms in total. The van der Waals surface area contributed by atoms with Gasteiger partial charge in [-0.1, -0.05) is 56.9 Å². The Morgan fingerprint density at radius 3 is 2.55 bits per heavy atom. The Morgan fingerprint density at radius 2 is 1.83 bits per heavy atom. The summed E-state index contributed by atoms with van der Waals surface area (Å²) in [5.74, 6) is 0.899. The molecule has 0 bridgehead atoms. The maximum Gasteiger partial charge on any atom is 0.0672 e. The van der Waals surface area contributed by atoms with E-state index in [1.165, 1.54) is 60.1 Å². The summed E-state index contributed by atoms with van der Waals surface area (Å²) in [5.41, 5.74) is 15.5. The van der Waals surface area contributed by atoms with Crippen molar-refractivity contribution in [2.24, 2.45) is 16.6 Å². The largest absolute Gasteiger partial charge is 0.326 e. The number of fused-ring (bicyclic) bond motifs is 1. The van der Waals surface area contributed by atoms with Crippen LogP contribution in [0.5, 0.6) is 0 Å². The first kappa shape index (κ1) is 20.3. The van der Waals surface area contributed by atoms with E-state index in [1.54, 1.807) is 5.56 Å². The highest BCUT2D eigenvalue weighted by Gasteiger charge is 2.20. The molecule has 2 aromatic rings. The molecule has 0 unspecified atom stereocenters. The topological polar surface area (TPSA) is 38.4 Å². The quantitative estimate of drug-likeness (QED) is 0.591.